The van der Waals surface area contributed by atoms with Crippen LogP contribution in [0.4, 0.5) is 0 Å². The van der Waals surface area contributed by atoms with E-state index in [-0.39, 0.29) is 0 Å². The number of nitrogens with one attached hydrogen (secondary N) is 3. The van der Waals surface area contributed by atoms with Gasteiger partial charge in [0.25, 0.3) is 0 Å². The first-order valence-corrected chi connectivity index (χ1v) is 8.84. The average Bonchev–Trinajstić information content (AvgIpc) is 3.16. The van der Waals surface area contributed by atoms with Gasteiger partial charge in [-0.3, -0.25) is 10.1 Å². The minimum atomic E-state index is 0.516. The molecule has 0 bridgehead atoms. The number of nitrogens with zero attached hydrogens (tertiary/aromatic N) is 3. The molecule has 0 unspecified atom stereocenters. The highest BCUT2D eigenvalue weighted by atomic mass is 16.5. The lowest BCUT2D eigenvalue weighted by atomic mass is 10.2. The van der Waals surface area contributed by atoms with E-state index in [9.17, 15) is 0 Å². The first-order chi connectivity index (χ1) is 12.8. The second kappa shape index (κ2) is 11.1. The number of H-pyrrole nitrogens is 1. The van der Waals surface area contributed by atoms with Crippen molar-refractivity contribution in [3.63, 3.8) is 0 Å². The molecule has 0 aliphatic rings. The van der Waals surface area contributed by atoms with Gasteiger partial charge in [-0.05, 0) is 44.0 Å². The van der Waals surface area contributed by atoms with Crippen molar-refractivity contribution in [2.45, 2.75) is 26.3 Å². The largest absolute Gasteiger partial charge is 0.497 e. The van der Waals surface area contributed by atoms with E-state index in [1.165, 1.54) is 0 Å². The molecule has 0 fully saturated rings. The lowest BCUT2D eigenvalue weighted by Gasteiger charge is -2.10. The predicted molar refractivity (Wildman–Crippen MR) is 102 cm³/mol. The fraction of sp³-hybridized carbons (Fsp3) is 0.500. The lowest BCUT2D eigenvalue weighted by molar-refractivity contribution is 0.143. The summed E-state index contributed by atoms with van der Waals surface area (Å²) in [6, 6.07) is 7.64. The molecule has 0 saturated carbocycles. The van der Waals surface area contributed by atoms with Crippen molar-refractivity contribution in [3.05, 3.63) is 30.1 Å². The molecule has 1 heterocycles. The van der Waals surface area contributed by atoms with Crippen LogP contribution in [0, 0.1) is 0 Å². The maximum atomic E-state index is 5.32. The molecular formula is C18H28N6O2. The van der Waals surface area contributed by atoms with Crippen molar-refractivity contribution in [1.29, 1.82) is 0 Å². The Morgan fingerprint density at radius 2 is 2.00 bits per heavy atom. The standard InChI is InChI=1S/C18H28N6O2/c1-4-26-12-6-5-11-20-18(19-2)21-13-16-22-17(24-23-16)14-7-9-15(25-3)10-8-14/h7-10H,4-6,11-13H2,1-3H3,(H2,19,20,21)(H,22,23,24). The Morgan fingerprint density at radius 1 is 1.19 bits per heavy atom. The van der Waals surface area contributed by atoms with Crippen LogP contribution in [0.15, 0.2) is 29.3 Å². The fourth-order valence-corrected chi connectivity index (χ4v) is 2.31. The fourth-order valence-electron chi connectivity index (χ4n) is 2.31. The summed E-state index contributed by atoms with van der Waals surface area (Å²) in [5.41, 5.74) is 0.935. The highest BCUT2D eigenvalue weighted by Crippen LogP contribution is 2.18. The van der Waals surface area contributed by atoms with Crippen LogP contribution >= 0.6 is 0 Å². The Kier molecular flexibility index (Phi) is 8.41. The molecule has 0 aliphatic heterocycles. The van der Waals surface area contributed by atoms with E-state index in [2.05, 4.69) is 30.8 Å². The quantitative estimate of drug-likeness (QED) is 0.340. The maximum Gasteiger partial charge on any atom is 0.191 e. The van der Waals surface area contributed by atoms with Gasteiger partial charge in [0.1, 0.15) is 11.6 Å². The van der Waals surface area contributed by atoms with E-state index < -0.39 is 0 Å². The number of aliphatic imine (C=N–C) groups is 1. The Balaban J connectivity index is 1.76. The second-order valence-electron chi connectivity index (χ2n) is 5.59. The zero-order chi connectivity index (χ0) is 18.6. The van der Waals surface area contributed by atoms with Crippen LogP contribution < -0.4 is 15.4 Å². The molecule has 1 aromatic carbocycles. The number of unbranched alkanes of at least 4 members (excludes halogenated alkanes) is 1. The topological polar surface area (TPSA) is 96.4 Å². The number of aromatic amines is 1. The van der Waals surface area contributed by atoms with E-state index in [1.54, 1.807) is 14.2 Å². The number of rotatable bonds is 10. The summed E-state index contributed by atoms with van der Waals surface area (Å²) in [4.78, 5) is 8.71. The van der Waals surface area contributed by atoms with Gasteiger partial charge < -0.3 is 20.1 Å². The van der Waals surface area contributed by atoms with E-state index in [0.29, 0.717) is 12.4 Å². The molecule has 0 atom stereocenters. The number of benzene rings is 1. The molecule has 0 amide bonds. The molecule has 3 N–H and O–H groups in total. The molecule has 0 aliphatic carbocycles. The molecule has 0 saturated heterocycles. The van der Waals surface area contributed by atoms with Gasteiger partial charge in [-0.2, -0.15) is 5.10 Å². The Labute approximate surface area is 154 Å². The van der Waals surface area contributed by atoms with Crippen molar-refractivity contribution >= 4 is 5.96 Å². The molecule has 0 radical (unpaired) electrons. The van der Waals surface area contributed by atoms with Crippen LogP contribution in [0.2, 0.25) is 0 Å². The van der Waals surface area contributed by atoms with Crippen LogP contribution in [-0.4, -0.2) is 55.1 Å². The maximum absolute atomic E-state index is 5.32. The van der Waals surface area contributed by atoms with Gasteiger partial charge in [-0.1, -0.05) is 0 Å². The van der Waals surface area contributed by atoms with Crippen LogP contribution in [0.1, 0.15) is 25.6 Å². The minimum Gasteiger partial charge on any atom is -0.497 e. The smallest absolute Gasteiger partial charge is 0.191 e. The summed E-state index contributed by atoms with van der Waals surface area (Å²) < 4.78 is 10.5. The number of aromatic nitrogens is 3. The summed E-state index contributed by atoms with van der Waals surface area (Å²) in [6.45, 7) is 4.94. The molecule has 8 nitrogen and oxygen atoms in total. The molecule has 0 spiro atoms. The lowest BCUT2D eigenvalue weighted by Crippen LogP contribution is -2.37. The van der Waals surface area contributed by atoms with Crippen LogP contribution in [0.25, 0.3) is 11.4 Å². The van der Waals surface area contributed by atoms with Gasteiger partial charge in [0.05, 0.1) is 13.7 Å². The molecule has 2 rings (SSSR count). The normalized spacial score (nSPS) is 11.4. The van der Waals surface area contributed by atoms with Gasteiger partial charge in [0, 0.05) is 32.4 Å². The Bertz CT molecular complexity index is 669. The summed E-state index contributed by atoms with van der Waals surface area (Å²) in [6.07, 6.45) is 2.07. The molecule has 26 heavy (non-hydrogen) atoms. The van der Waals surface area contributed by atoms with Crippen molar-refractivity contribution < 1.29 is 9.47 Å². The number of methoxy groups -OCH3 is 1. The van der Waals surface area contributed by atoms with Crippen molar-refractivity contribution in [3.8, 4) is 17.1 Å². The number of ether oxygens (including phenoxy) is 2. The molecule has 8 heteroatoms. The number of hydrogen-bond donors (Lipinski definition) is 3. The number of guanidine groups is 1. The summed E-state index contributed by atoms with van der Waals surface area (Å²) in [5, 5.41) is 13.7. The van der Waals surface area contributed by atoms with Gasteiger partial charge in [-0.25, -0.2) is 4.98 Å². The van der Waals surface area contributed by atoms with Gasteiger partial charge >= 0.3 is 0 Å². The van der Waals surface area contributed by atoms with E-state index in [4.69, 9.17) is 9.47 Å². The van der Waals surface area contributed by atoms with Gasteiger partial charge in [0.15, 0.2) is 11.8 Å². The minimum absolute atomic E-state index is 0.516. The van der Waals surface area contributed by atoms with Crippen LogP contribution in [0.3, 0.4) is 0 Å². The summed E-state index contributed by atoms with van der Waals surface area (Å²) >= 11 is 0. The number of hydrogen-bond acceptors (Lipinski definition) is 5. The predicted octanol–water partition coefficient (Wildman–Crippen LogP) is 1.96. The second-order valence-corrected chi connectivity index (χ2v) is 5.59. The zero-order valence-electron chi connectivity index (χ0n) is 15.7. The van der Waals surface area contributed by atoms with Crippen LogP contribution in [-0.2, 0) is 11.3 Å². The molecule has 142 valence electrons. The molecule has 2 aromatic rings. The Hall–Kier alpha value is -2.61. The SMILES string of the molecule is CCOCCCCNC(=NC)NCc1nc(-c2ccc(OC)cc2)n[nH]1. The highest BCUT2D eigenvalue weighted by molar-refractivity contribution is 5.79. The van der Waals surface area contributed by atoms with E-state index in [0.717, 1.165) is 55.7 Å². The summed E-state index contributed by atoms with van der Waals surface area (Å²) in [7, 11) is 3.39. The van der Waals surface area contributed by atoms with Crippen LogP contribution in [0.5, 0.6) is 5.75 Å². The molecular weight excluding hydrogens is 332 g/mol. The van der Waals surface area contributed by atoms with Crippen molar-refractivity contribution in [1.82, 2.24) is 25.8 Å². The van der Waals surface area contributed by atoms with Crippen molar-refractivity contribution in [2.75, 3.05) is 33.9 Å². The first-order valence-electron chi connectivity index (χ1n) is 8.84. The third kappa shape index (κ3) is 6.36. The van der Waals surface area contributed by atoms with E-state index in [1.807, 2.05) is 31.2 Å². The van der Waals surface area contributed by atoms with E-state index >= 15 is 0 Å². The highest BCUT2D eigenvalue weighted by Gasteiger charge is 2.07. The first kappa shape index (κ1) is 19.7. The zero-order valence-corrected chi connectivity index (χ0v) is 15.7. The average molecular weight is 360 g/mol. The van der Waals surface area contributed by atoms with Gasteiger partial charge in [-0.15, -0.1) is 0 Å². The molecule has 1 aromatic heterocycles. The van der Waals surface area contributed by atoms with Crippen molar-refractivity contribution in [2.24, 2.45) is 4.99 Å². The summed E-state index contributed by atoms with van der Waals surface area (Å²) in [5.74, 6) is 2.95. The van der Waals surface area contributed by atoms with Gasteiger partial charge in [0.2, 0.25) is 0 Å². The third-order valence-electron chi connectivity index (χ3n) is 3.74. The Morgan fingerprint density at radius 3 is 2.69 bits per heavy atom. The third-order valence-corrected chi connectivity index (χ3v) is 3.74. The monoisotopic (exact) mass is 360 g/mol.